The number of ether oxygens (including phenoxy) is 5. The summed E-state index contributed by atoms with van der Waals surface area (Å²) in [6.07, 6.45) is 1.63. The van der Waals surface area contributed by atoms with E-state index in [9.17, 15) is 38.9 Å². The zero-order valence-corrected chi connectivity index (χ0v) is 59.3. The van der Waals surface area contributed by atoms with Gasteiger partial charge in [0.2, 0.25) is 5.91 Å². The van der Waals surface area contributed by atoms with E-state index in [0.717, 1.165) is 45.4 Å². The molecule has 3 aliphatic rings. The van der Waals surface area contributed by atoms with E-state index in [1.54, 1.807) is 100 Å². The number of rotatable bonds is 11. The standard InChI is InChI=1S/C37H40F3N5O8.C36H38F3N5O5/c1-18(2)29-30(19(3)13-14-41-29)44-31-21(15-23(39)27(28(31)40)26-22(38)11-10-12-25(26)51-8)32(33(34(44)46)45(49)50)43-16-20(4)42(17-24(43)35(47)52-9)36(48)53-37(5,6)7;1-17(2)28-30(18(3)12-13-40-28)44-31-20(14-22(38)26(27(31)39)25-21(37)10-9-11-24(25)48-8)32-29(34(44)46)41-33(45)23-16-42(19(4)15-43(23)32)35(47)49-36(5,6)7/h10-15,18,20,24H,16-17H2,1-9H3;9-14,17,19,23H,15-16H2,1-8H3,(H,41,45)/t20-,24-;19-,23-/m11/s1. The van der Waals surface area contributed by atoms with Crippen LogP contribution in [0.3, 0.4) is 0 Å². The molecule has 29 heteroatoms. The lowest BCUT2D eigenvalue weighted by molar-refractivity contribution is -0.385. The van der Waals surface area contributed by atoms with Crippen LogP contribution in [0.15, 0.2) is 82.6 Å². The minimum Gasteiger partial charge on any atom is -0.496 e. The third-order valence-electron chi connectivity index (χ3n) is 17.9. The highest BCUT2D eigenvalue weighted by atomic mass is 19.2. The second-order valence-electron chi connectivity index (χ2n) is 27.8. The van der Waals surface area contributed by atoms with Crippen LogP contribution in [0.5, 0.6) is 11.5 Å². The molecule has 4 atom stereocenters. The molecule has 540 valence electrons. The predicted molar refractivity (Wildman–Crippen MR) is 370 cm³/mol. The first-order valence-electron chi connectivity index (χ1n) is 32.7. The normalized spacial score (nSPS) is 16.9. The van der Waals surface area contributed by atoms with Crippen molar-refractivity contribution in [1.29, 1.82) is 0 Å². The zero-order valence-electron chi connectivity index (χ0n) is 59.3. The van der Waals surface area contributed by atoms with Crippen LogP contribution in [-0.4, -0.2) is 141 Å². The number of carbonyl (C=O) groups is 4. The van der Waals surface area contributed by atoms with E-state index in [2.05, 4.69) is 15.3 Å². The number of carbonyl (C=O) groups excluding carboxylic acids is 4. The summed E-state index contributed by atoms with van der Waals surface area (Å²) >= 11 is 0. The van der Waals surface area contributed by atoms with Crippen LogP contribution in [0.25, 0.3) is 55.4 Å². The Hall–Kier alpha value is -10.7. The SMILES string of the molecule is COC(=O)[C@H]1CN(C(=O)OC(C)(C)C)[C@H](C)CN1c1c([N+](=O)[O-])c(=O)n(-c2c(C)ccnc2C(C)C)c2c(F)c(-c3c(F)cccc3OC)c(F)cc12.COc1cccc(F)c1-c1c(F)cc2c3c(c(=O)n(-c4c(C)ccnc4C(C)C)c2c1F)NC(=O)[C@H]1CN(C(=O)OC(C)(C)C)[C@H](C)CN31. The molecule has 3 aliphatic heterocycles. The molecule has 0 unspecified atom stereocenters. The van der Waals surface area contributed by atoms with Crippen LogP contribution in [-0.2, 0) is 23.8 Å². The summed E-state index contributed by atoms with van der Waals surface area (Å²) in [5.74, 6) is -9.57. The molecule has 1 N–H and O–H groups in total. The zero-order chi connectivity index (χ0) is 75.0. The van der Waals surface area contributed by atoms with Gasteiger partial charge >= 0.3 is 29.4 Å². The number of methoxy groups -OCH3 is 3. The molecule has 2 fully saturated rings. The second kappa shape index (κ2) is 28.0. The summed E-state index contributed by atoms with van der Waals surface area (Å²) in [7, 11) is 3.51. The van der Waals surface area contributed by atoms with Crippen LogP contribution >= 0.6 is 0 Å². The second-order valence-corrected chi connectivity index (χ2v) is 27.8. The first kappa shape index (κ1) is 74.0. The van der Waals surface area contributed by atoms with Crippen molar-refractivity contribution in [1.82, 2.24) is 28.9 Å². The number of aryl methyl sites for hydroxylation is 2. The number of fused-ring (bicyclic) bond motifs is 6. The van der Waals surface area contributed by atoms with Crippen molar-refractivity contribution in [2.24, 2.45) is 0 Å². The molecule has 3 amide bonds. The van der Waals surface area contributed by atoms with Crippen molar-refractivity contribution in [2.75, 3.05) is 62.6 Å². The molecule has 8 aromatic rings. The van der Waals surface area contributed by atoms with E-state index in [1.165, 1.54) is 60.5 Å². The van der Waals surface area contributed by atoms with Gasteiger partial charge in [-0.2, -0.15) is 0 Å². The molecule has 7 heterocycles. The van der Waals surface area contributed by atoms with Gasteiger partial charge in [-0.15, -0.1) is 0 Å². The van der Waals surface area contributed by atoms with E-state index in [4.69, 9.17) is 23.7 Å². The Labute approximate surface area is 582 Å². The highest BCUT2D eigenvalue weighted by Crippen LogP contribution is 2.48. The first-order valence-corrected chi connectivity index (χ1v) is 32.7. The highest BCUT2D eigenvalue weighted by molar-refractivity contribution is 6.12. The topological polar surface area (TPSA) is 252 Å². The molecule has 4 aromatic heterocycles. The molecule has 0 bridgehead atoms. The number of benzene rings is 4. The van der Waals surface area contributed by atoms with Crippen LogP contribution in [0.1, 0.15) is 117 Å². The third kappa shape index (κ3) is 13.2. The van der Waals surface area contributed by atoms with Gasteiger partial charge in [-0.25, -0.2) is 40.7 Å². The molecule has 102 heavy (non-hydrogen) atoms. The monoisotopic (exact) mass is 1420 g/mol. The molecule has 23 nitrogen and oxygen atoms in total. The van der Waals surface area contributed by atoms with Gasteiger partial charge < -0.3 is 48.6 Å². The molecule has 11 rings (SSSR count). The summed E-state index contributed by atoms with van der Waals surface area (Å²) in [5, 5.41) is 15.2. The average Bonchev–Trinajstić information content (AvgIpc) is 0.712. The Kier molecular flexibility index (Phi) is 20.3. The number of aromatic nitrogens is 4. The van der Waals surface area contributed by atoms with Crippen LogP contribution in [0.2, 0.25) is 0 Å². The smallest absolute Gasteiger partial charge is 0.410 e. The Balaban J connectivity index is 0.000000220. The third-order valence-corrected chi connectivity index (χ3v) is 17.9. The number of esters is 1. The van der Waals surface area contributed by atoms with E-state index in [1.807, 2.05) is 13.8 Å². The van der Waals surface area contributed by atoms with Crippen molar-refractivity contribution in [3.63, 3.8) is 0 Å². The number of halogens is 6. The van der Waals surface area contributed by atoms with Crippen molar-refractivity contribution in [2.45, 2.75) is 144 Å². The molecular weight excluding hydrogens is 1340 g/mol. The minimum absolute atomic E-state index is 0.00302. The minimum atomic E-state index is -1.51. The molecule has 0 saturated carbocycles. The number of pyridine rings is 4. The number of nitrogens with one attached hydrogen (secondary N) is 1. The fourth-order valence-electron chi connectivity index (χ4n) is 13.4. The van der Waals surface area contributed by atoms with Crippen molar-refractivity contribution in [3.8, 4) is 45.1 Å². The Morgan fingerprint density at radius 3 is 1.44 bits per heavy atom. The van der Waals surface area contributed by atoms with Crippen molar-refractivity contribution >= 4 is 68.6 Å². The quantitative estimate of drug-likeness (QED) is 0.0415. The number of anilines is 3. The van der Waals surface area contributed by atoms with Crippen molar-refractivity contribution in [3.05, 3.63) is 161 Å². The number of hydrogen-bond acceptors (Lipinski definition) is 17. The lowest BCUT2D eigenvalue weighted by Crippen LogP contribution is -2.65. The van der Waals surface area contributed by atoms with E-state index in [-0.39, 0.29) is 76.4 Å². The number of amides is 3. The van der Waals surface area contributed by atoms with Gasteiger partial charge in [0.25, 0.3) is 5.56 Å². The molecule has 2 saturated heterocycles. The number of nitrogens with zero attached hydrogens (tertiary/aromatic N) is 9. The summed E-state index contributed by atoms with van der Waals surface area (Å²) in [6.45, 7) is 23.2. The van der Waals surface area contributed by atoms with E-state index >= 15 is 26.3 Å². The molecule has 0 spiro atoms. The van der Waals surface area contributed by atoms with Gasteiger partial charge in [0.15, 0.2) is 11.6 Å². The lowest BCUT2D eigenvalue weighted by Gasteiger charge is -2.48. The largest absolute Gasteiger partial charge is 0.496 e. The fraction of sp³-hybridized carbons (Fsp3) is 0.397. The highest BCUT2D eigenvalue weighted by Gasteiger charge is 2.48. The van der Waals surface area contributed by atoms with Gasteiger partial charge in [-0.05, 0) is 141 Å². The van der Waals surface area contributed by atoms with Gasteiger partial charge in [0.1, 0.15) is 69.4 Å². The summed E-state index contributed by atoms with van der Waals surface area (Å²) < 4.78 is 127. The average molecular weight is 1420 g/mol. The Morgan fingerprint density at radius 1 is 0.588 bits per heavy atom. The fourth-order valence-corrected chi connectivity index (χ4v) is 13.4. The summed E-state index contributed by atoms with van der Waals surface area (Å²) in [6, 6.07) is 8.49. The summed E-state index contributed by atoms with van der Waals surface area (Å²) in [4.78, 5) is 109. The number of piperazine rings is 2. The van der Waals surface area contributed by atoms with Gasteiger partial charge in [0.05, 0.1) is 101 Å². The van der Waals surface area contributed by atoms with Gasteiger partial charge in [0, 0.05) is 48.3 Å². The van der Waals surface area contributed by atoms with E-state index < -0.39 is 167 Å². The number of hydrogen-bond donors (Lipinski definition) is 1. The van der Waals surface area contributed by atoms with Crippen LogP contribution in [0, 0.1) is 58.9 Å². The predicted octanol–water partition coefficient (Wildman–Crippen LogP) is 13.5. The molecular formula is C73H78F6N10O13. The van der Waals surface area contributed by atoms with Gasteiger partial charge in [-0.1, -0.05) is 39.8 Å². The lowest BCUT2D eigenvalue weighted by atomic mass is 9.95. The van der Waals surface area contributed by atoms with E-state index in [0.29, 0.717) is 16.8 Å². The molecule has 4 aromatic carbocycles. The van der Waals surface area contributed by atoms with Crippen LogP contribution in [0.4, 0.5) is 58.7 Å². The Bertz CT molecular complexity index is 4900. The van der Waals surface area contributed by atoms with Crippen LogP contribution < -0.4 is 35.7 Å². The maximum absolute atomic E-state index is 17.5. The summed E-state index contributed by atoms with van der Waals surface area (Å²) in [5.41, 5.74) is -7.37. The van der Waals surface area contributed by atoms with Gasteiger partial charge in [-0.3, -0.25) is 43.6 Å². The van der Waals surface area contributed by atoms with Crippen molar-refractivity contribution < 1.29 is 74.1 Å². The maximum Gasteiger partial charge on any atom is 0.410 e. The molecule has 0 radical (unpaired) electrons. The Morgan fingerprint density at radius 2 is 1.02 bits per heavy atom. The number of nitro groups is 1. The maximum atomic E-state index is 17.5. The molecule has 0 aliphatic carbocycles. The first-order chi connectivity index (χ1) is 47.9.